The molecule has 3 aromatic rings. The molecule has 7 nitrogen and oxygen atoms in total. The van der Waals surface area contributed by atoms with E-state index in [2.05, 4.69) is 34.0 Å². The number of benzene rings is 1. The van der Waals surface area contributed by atoms with Gasteiger partial charge in [-0.15, -0.1) is 0 Å². The van der Waals surface area contributed by atoms with E-state index in [0.717, 1.165) is 40.5 Å². The van der Waals surface area contributed by atoms with Gasteiger partial charge in [-0.25, -0.2) is 9.98 Å². The molecule has 0 saturated heterocycles. The highest BCUT2D eigenvalue weighted by atomic mass is 15.3. The third-order valence-corrected chi connectivity index (χ3v) is 5.23. The molecule has 0 fully saturated rings. The normalized spacial score (nSPS) is 20.4. The van der Waals surface area contributed by atoms with Crippen LogP contribution in [0, 0.1) is 0 Å². The molecule has 0 spiro atoms. The third kappa shape index (κ3) is 3.14. The Bertz CT molecular complexity index is 1130. The van der Waals surface area contributed by atoms with Gasteiger partial charge in [-0.1, -0.05) is 18.2 Å². The number of hydrogen-bond donors (Lipinski definition) is 0. The van der Waals surface area contributed by atoms with Gasteiger partial charge in [0.1, 0.15) is 6.04 Å². The second-order valence-corrected chi connectivity index (χ2v) is 7.09. The fraction of sp³-hybridized carbons (Fsp3) is 0.227. The fourth-order valence-electron chi connectivity index (χ4n) is 3.73. The van der Waals surface area contributed by atoms with Gasteiger partial charge in [0, 0.05) is 48.9 Å². The Kier molecular flexibility index (Phi) is 4.27. The third-order valence-electron chi connectivity index (χ3n) is 5.23. The highest BCUT2D eigenvalue weighted by molar-refractivity contribution is 6.17. The number of aliphatic imine (C=N–C) groups is 3. The van der Waals surface area contributed by atoms with Crippen LogP contribution in [-0.2, 0) is 7.05 Å². The van der Waals surface area contributed by atoms with Crippen LogP contribution in [0.25, 0.3) is 11.3 Å². The topological polar surface area (TPSA) is 71.0 Å². The smallest absolute Gasteiger partial charge is 0.157 e. The minimum atomic E-state index is -0.0972. The van der Waals surface area contributed by atoms with Crippen molar-refractivity contribution in [3.8, 4) is 11.3 Å². The molecule has 5 rings (SSSR count). The maximum atomic E-state index is 4.97. The van der Waals surface area contributed by atoms with Crippen LogP contribution in [0.4, 0.5) is 0 Å². The first-order valence-corrected chi connectivity index (χ1v) is 9.69. The number of aryl methyl sites for hydroxylation is 1. The second kappa shape index (κ2) is 7.09. The lowest BCUT2D eigenvalue weighted by Gasteiger charge is -2.28. The van der Waals surface area contributed by atoms with Crippen molar-refractivity contribution >= 4 is 17.9 Å². The molecule has 2 aromatic heterocycles. The Labute approximate surface area is 169 Å². The first kappa shape index (κ1) is 17.5. The molecule has 0 N–H and O–H groups in total. The molecule has 2 unspecified atom stereocenters. The molecule has 0 amide bonds. The summed E-state index contributed by atoms with van der Waals surface area (Å²) in [6.45, 7) is 2.96. The average molecular weight is 383 g/mol. The summed E-state index contributed by atoms with van der Waals surface area (Å²) in [5, 5.41) is 4.51. The minimum absolute atomic E-state index is 0.0748. The lowest BCUT2D eigenvalue weighted by Crippen LogP contribution is -2.42. The monoisotopic (exact) mass is 383 g/mol. The zero-order chi connectivity index (χ0) is 19.8. The van der Waals surface area contributed by atoms with Crippen molar-refractivity contribution < 1.29 is 0 Å². The summed E-state index contributed by atoms with van der Waals surface area (Å²) >= 11 is 0. The van der Waals surface area contributed by atoms with Gasteiger partial charge in [-0.3, -0.25) is 14.7 Å². The molecule has 2 atom stereocenters. The highest BCUT2D eigenvalue weighted by Gasteiger charge is 2.37. The molecular weight excluding hydrogens is 362 g/mol. The Morgan fingerprint density at radius 2 is 1.83 bits per heavy atom. The number of rotatable bonds is 4. The number of fused-ring (bicyclic) bond motifs is 1. The van der Waals surface area contributed by atoms with E-state index in [1.807, 2.05) is 49.9 Å². The summed E-state index contributed by atoms with van der Waals surface area (Å²) in [6, 6.07) is 14.1. The molecule has 1 aromatic carbocycles. The number of likely N-dealkylation sites (N-methyl/N-ethyl adjacent to an activating group) is 1. The van der Waals surface area contributed by atoms with Crippen molar-refractivity contribution in [2.75, 3.05) is 6.54 Å². The standard InChI is InChI=1S/C22H21N7/c1-3-29-14-24-20-19(15-7-10-23-11-8-15)25-21(26-22(20)29)17-6-4-5-16(13-17)18-9-12-28(2)27-18/h4-14,20,22H,3H2,1-2H3. The summed E-state index contributed by atoms with van der Waals surface area (Å²) < 4.78 is 1.80. The van der Waals surface area contributed by atoms with Gasteiger partial charge in [-0.2, -0.15) is 5.10 Å². The van der Waals surface area contributed by atoms with Crippen molar-refractivity contribution in [1.82, 2.24) is 19.7 Å². The Hall–Kier alpha value is -3.61. The predicted molar refractivity (Wildman–Crippen MR) is 114 cm³/mol. The van der Waals surface area contributed by atoms with Crippen molar-refractivity contribution in [2.24, 2.45) is 22.0 Å². The summed E-state index contributed by atoms with van der Waals surface area (Å²) in [4.78, 5) is 20.9. The first-order chi connectivity index (χ1) is 14.2. The SMILES string of the molecule is CCN1C=NC2C(c3ccncc3)=NC(c3cccc(-c4ccn(C)n4)c3)=NC21. The molecule has 0 bridgehead atoms. The predicted octanol–water partition coefficient (Wildman–Crippen LogP) is 2.79. The molecule has 29 heavy (non-hydrogen) atoms. The van der Waals surface area contributed by atoms with E-state index in [1.165, 1.54) is 0 Å². The van der Waals surface area contributed by atoms with E-state index in [0.29, 0.717) is 0 Å². The summed E-state index contributed by atoms with van der Waals surface area (Å²) in [6.07, 6.45) is 7.34. The van der Waals surface area contributed by atoms with E-state index in [-0.39, 0.29) is 12.2 Å². The second-order valence-electron chi connectivity index (χ2n) is 7.09. The van der Waals surface area contributed by atoms with Crippen LogP contribution in [-0.4, -0.2) is 56.3 Å². The number of aromatic nitrogens is 3. The van der Waals surface area contributed by atoms with Crippen LogP contribution in [0.2, 0.25) is 0 Å². The summed E-state index contributed by atoms with van der Waals surface area (Å²) in [5.74, 6) is 0.722. The lowest BCUT2D eigenvalue weighted by atomic mass is 9.99. The molecule has 0 aliphatic carbocycles. The van der Waals surface area contributed by atoms with Crippen LogP contribution in [0.15, 0.2) is 76.0 Å². The van der Waals surface area contributed by atoms with Crippen molar-refractivity contribution in [3.63, 3.8) is 0 Å². The van der Waals surface area contributed by atoms with Gasteiger partial charge in [0.15, 0.2) is 12.0 Å². The van der Waals surface area contributed by atoms with E-state index >= 15 is 0 Å². The Balaban J connectivity index is 1.59. The van der Waals surface area contributed by atoms with Crippen molar-refractivity contribution in [1.29, 1.82) is 0 Å². The highest BCUT2D eigenvalue weighted by Crippen LogP contribution is 2.27. The summed E-state index contributed by atoms with van der Waals surface area (Å²) in [5.41, 5.74) is 4.90. The van der Waals surface area contributed by atoms with E-state index < -0.39 is 0 Å². The molecule has 7 heteroatoms. The van der Waals surface area contributed by atoms with Crippen LogP contribution in [0.3, 0.4) is 0 Å². The van der Waals surface area contributed by atoms with Crippen LogP contribution in [0.5, 0.6) is 0 Å². The van der Waals surface area contributed by atoms with E-state index in [1.54, 1.807) is 17.1 Å². The number of pyridine rings is 1. The molecule has 144 valence electrons. The molecule has 4 heterocycles. The van der Waals surface area contributed by atoms with Gasteiger partial charge in [0.25, 0.3) is 0 Å². The largest absolute Gasteiger partial charge is 0.339 e. The Morgan fingerprint density at radius 1 is 1.00 bits per heavy atom. The molecule has 2 aliphatic heterocycles. The number of hydrogen-bond acceptors (Lipinski definition) is 6. The summed E-state index contributed by atoms with van der Waals surface area (Å²) in [7, 11) is 1.92. The molecule has 2 aliphatic rings. The minimum Gasteiger partial charge on any atom is -0.339 e. The fourth-order valence-corrected chi connectivity index (χ4v) is 3.73. The van der Waals surface area contributed by atoms with Gasteiger partial charge in [-0.05, 0) is 31.2 Å². The van der Waals surface area contributed by atoms with Crippen LogP contribution >= 0.6 is 0 Å². The quantitative estimate of drug-likeness (QED) is 0.696. The van der Waals surface area contributed by atoms with E-state index in [4.69, 9.17) is 15.0 Å². The van der Waals surface area contributed by atoms with Crippen LogP contribution < -0.4 is 0 Å². The van der Waals surface area contributed by atoms with Gasteiger partial charge in [0.2, 0.25) is 0 Å². The maximum absolute atomic E-state index is 4.97. The zero-order valence-electron chi connectivity index (χ0n) is 16.3. The van der Waals surface area contributed by atoms with E-state index in [9.17, 15) is 0 Å². The maximum Gasteiger partial charge on any atom is 0.157 e. The first-order valence-electron chi connectivity index (χ1n) is 9.69. The van der Waals surface area contributed by atoms with Crippen molar-refractivity contribution in [3.05, 3.63) is 72.2 Å². The molecule has 0 radical (unpaired) electrons. The molecular formula is C22H21N7. The molecule has 0 saturated carbocycles. The zero-order valence-corrected chi connectivity index (χ0v) is 16.3. The lowest BCUT2D eigenvalue weighted by molar-refractivity contribution is 0.356. The van der Waals surface area contributed by atoms with Gasteiger partial charge in [0.05, 0.1) is 17.7 Å². The van der Waals surface area contributed by atoms with Gasteiger partial charge < -0.3 is 4.90 Å². The van der Waals surface area contributed by atoms with Gasteiger partial charge >= 0.3 is 0 Å². The number of nitrogens with zero attached hydrogens (tertiary/aromatic N) is 7. The average Bonchev–Trinajstić information content (AvgIpc) is 3.39. The van der Waals surface area contributed by atoms with Crippen LogP contribution in [0.1, 0.15) is 18.1 Å². The van der Waals surface area contributed by atoms with Crippen molar-refractivity contribution in [2.45, 2.75) is 19.1 Å². The number of amidine groups is 1. The Morgan fingerprint density at radius 3 is 2.59 bits per heavy atom.